The molecule has 4 heterocycles. The number of nitrogens with one attached hydrogen (secondary N) is 1. The number of thiazole rings is 1. The summed E-state index contributed by atoms with van der Waals surface area (Å²) in [4.78, 5) is 22.0. The highest BCUT2D eigenvalue weighted by Gasteiger charge is 2.29. The average Bonchev–Trinajstić information content (AvgIpc) is 3.46. The van der Waals surface area contributed by atoms with Crippen LogP contribution in [0.3, 0.4) is 0 Å². The van der Waals surface area contributed by atoms with Crippen LogP contribution < -0.4 is 0 Å². The number of ketones is 1. The van der Waals surface area contributed by atoms with Crippen LogP contribution in [0, 0.1) is 5.92 Å². The van der Waals surface area contributed by atoms with Crippen molar-refractivity contribution < 1.29 is 13.9 Å². The molecule has 1 aliphatic heterocycles. The van der Waals surface area contributed by atoms with Gasteiger partial charge in [0.25, 0.3) is 0 Å². The molecule has 4 aromatic rings. The first-order chi connectivity index (χ1) is 13.3. The van der Waals surface area contributed by atoms with Crippen molar-refractivity contribution in [2.45, 2.75) is 12.8 Å². The smallest absolute Gasteiger partial charge is 0.178 e. The second kappa shape index (κ2) is 6.79. The lowest BCUT2D eigenvalue weighted by molar-refractivity contribution is 0.0547. The number of furan rings is 1. The molecule has 0 unspecified atom stereocenters. The van der Waals surface area contributed by atoms with E-state index in [0.29, 0.717) is 29.5 Å². The van der Waals surface area contributed by atoms with Gasteiger partial charge in [0.2, 0.25) is 0 Å². The summed E-state index contributed by atoms with van der Waals surface area (Å²) in [7, 11) is 0. The predicted octanol–water partition coefficient (Wildman–Crippen LogP) is 5.16. The van der Waals surface area contributed by atoms with Gasteiger partial charge in [-0.25, -0.2) is 4.98 Å². The van der Waals surface area contributed by atoms with E-state index in [1.54, 1.807) is 6.26 Å². The van der Waals surface area contributed by atoms with Crippen LogP contribution in [0.25, 0.3) is 33.1 Å². The lowest BCUT2D eigenvalue weighted by Crippen LogP contribution is -2.23. The monoisotopic (exact) mass is 378 g/mol. The number of aromatic amines is 1. The van der Waals surface area contributed by atoms with Crippen molar-refractivity contribution in [2.24, 2.45) is 5.92 Å². The second-order valence-corrected chi connectivity index (χ2v) is 7.69. The fourth-order valence-electron chi connectivity index (χ4n) is 3.52. The molecule has 1 saturated heterocycles. The van der Waals surface area contributed by atoms with Crippen LogP contribution >= 0.6 is 11.3 Å². The molecule has 0 radical (unpaired) electrons. The third-order valence-electron chi connectivity index (χ3n) is 4.96. The Kier molecular flexibility index (Phi) is 4.14. The van der Waals surface area contributed by atoms with Crippen LogP contribution in [0.5, 0.6) is 0 Å². The molecule has 0 atom stereocenters. The minimum atomic E-state index is -0.0107. The van der Waals surface area contributed by atoms with Gasteiger partial charge in [0, 0.05) is 30.0 Å². The van der Waals surface area contributed by atoms with Crippen molar-refractivity contribution >= 4 is 28.0 Å². The van der Waals surface area contributed by atoms with Gasteiger partial charge >= 0.3 is 0 Å². The van der Waals surface area contributed by atoms with Gasteiger partial charge in [0.15, 0.2) is 11.5 Å². The zero-order chi connectivity index (χ0) is 18.2. The molecule has 1 N–H and O–H groups in total. The number of rotatable bonds is 4. The molecule has 0 aliphatic carbocycles. The van der Waals surface area contributed by atoms with Gasteiger partial charge in [-0.05, 0) is 37.1 Å². The number of para-hydroxylation sites is 1. The summed E-state index contributed by atoms with van der Waals surface area (Å²) in [6, 6.07) is 13.8. The maximum Gasteiger partial charge on any atom is 0.178 e. The van der Waals surface area contributed by atoms with E-state index >= 15 is 0 Å². The first-order valence-corrected chi connectivity index (χ1v) is 9.86. The van der Waals surface area contributed by atoms with Crippen molar-refractivity contribution in [1.82, 2.24) is 9.97 Å². The van der Waals surface area contributed by atoms with E-state index in [-0.39, 0.29) is 11.7 Å². The molecule has 1 fully saturated rings. The number of fused-ring (bicyclic) bond motifs is 1. The summed E-state index contributed by atoms with van der Waals surface area (Å²) in [6.07, 6.45) is 3.13. The SMILES string of the molecule is O=C(c1sc(-c2cc3ccccc3[nH]2)nc1-c1ccco1)C1CCOCC1. The fourth-order valence-corrected chi connectivity index (χ4v) is 4.58. The molecule has 5 nitrogen and oxygen atoms in total. The summed E-state index contributed by atoms with van der Waals surface area (Å²) >= 11 is 1.44. The van der Waals surface area contributed by atoms with Crippen molar-refractivity contribution in [1.29, 1.82) is 0 Å². The Morgan fingerprint density at radius 1 is 1.15 bits per heavy atom. The van der Waals surface area contributed by atoms with E-state index in [9.17, 15) is 4.79 Å². The molecule has 0 saturated carbocycles. The maximum absolute atomic E-state index is 13.2. The molecule has 0 amide bonds. The lowest BCUT2D eigenvalue weighted by Gasteiger charge is -2.20. The molecule has 136 valence electrons. The maximum atomic E-state index is 13.2. The highest BCUT2D eigenvalue weighted by atomic mass is 32.1. The number of benzene rings is 1. The van der Waals surface area contributed by atoms with Gasteiger partial charge in [-0.3, -0.25) is 4.79 Å². The van der Waals surface area contributed by atoms with Gasteiger partial charge in [-0.2, -0.15) is 0 Å². The van der Waals surface area contributed by atoms with Crippen LogP contribution in [-0.4, -0.2) is 29.0 Å². The number of hydrogen-bond donors (Lipinski definition) is 1. The zero-order valence-electron chi connectivity index (χ0n) is 14.6. The number of Topliss-reactive ketones (excluding diaryl/α,β-unsaturated/α-hetero) is 1. The van der Waals surface area contributed by atoms with Crippen LogP contribution in [0.2, 0.25) is 0 Å². The molecule has 27 heavy (non-hydrogen) atoms. The van der Waals surface area contributed by atoms with Gasteiger partial charge in [0.05, 0.1) is 12.0 Å². The Labute approximate surface area is 160 Å². The molecule has 1 aromatic carbocycles. The number of hydrogen-bond acceptors (Lipinski definition) is 5. The fraction of sp³-hybridized carbons (Fsp3) is 0.238. The van der Waals surface area contributed by atoms with E-state index in [2.05, 4.69) is 17.1 Å². The average molecular weight is 378 g/mol. The number of H-pyrrole nitrogens is 1. The summed E-state index contributed by atoms with van der Waals surface area (Å²) in [5.74, 6) is 0.761. The third-order valence-corrected chi connectivity index (χ3v) is 6.06. The Bertz CT molecular complexity index is 1050. The molecule has 6 heteroatoms. The number of carbonyl (C=O) groups excluding carboxylic acids is 1. The molecular weight excluding hydrogens is 360 g/mol. The summed E-state index contributed by atoms with van der Waals surface area (Å²) in [6.45, 7) is 1.28. The second-order valence-electron chi connectivity index (χ2n) is 6.70. The lowest BCUT2D eigenvalue weighted by atomic mass is 9.94. The Morgan fingerprint density at radius 2 is 2.00 bits per heavy atom. The van der Waals surface area contributed by atoms with E-state index in [1.165, 1.54) is 11.3 Å². The van der Waals surface area contributed by atoms with Crippen molar-refractivity contribution in [3.63, 3.8) is 0 Å². The van der Waals surface area contributed by atoms with Crippen molar-refractivity contribution in [3.8, 4) is 22.2 Å². The van der Waals surface area contributed by atoms with E-state index < -0.39 is 0 Å². The van der Waals surface area contributed by atoms with Crippen molar-refractivity contribution in [3.05, 3.63) is 53.6 Å². The van der Waals surface area contributed by atoms with Crippen molar-refractivity contribution in [2.75, 3.05) is 13.2 Å². The first kappa shape index (κ1) is 16.5. The quantitative estimate of drug-likeness (QED) is 0.498. The number of ether oxygens (including phenoxy) is 1. The highest BCUT2D eigenvalue weighted by molar-refractivity contribution is 7.17. The minimum absolute atomic E-state index is 0.0107. The van der Waals surface area contributed by atoms with Gasteiger partial charge in [-0.1, -0.05) is 18.2 Å². The van der Waals surface area contributed by atoms with E-state index in [1.807, 2.05) is 30.3 Å². The molecule has 1 aliphatic rings. The zero-order valence-corrected chi connectivity index (χ0v) is 15.4. The third kappa shape index (κ3) is 3.01. The van der Waals surface area contributed by atoms with Crippen LogP contribution in [-0.2, 0) is 4.74 Å². The number of aromatic nitrogens is 2. The van der Waals surface area contributed by atoms with E-state index in [0.717, 1.165) is 34.4 Å². The molecule has 3 aromatic heterocycles. The predicted molar refractivity (Wildman–Crippen MR) is 105 cm³/mol. The van der Waals surface area contributed by atoms with Crippen LogP contribution in [0.1, 0.15) is 22.5 Å². The van der Waals surface area contributed by atoms with E-state index in [4.69, 9.17) is 14.1 Å². The Balaban J connectivity index is 1.60. The van der Waals surface area contributed by atoms with Gasteiger partial charge in [0.1, 0.15) is 15.6 Å². The Hall–Kier alpha value is -2.70. The van der Waals surface area contributed by atoms with Crippen LogP contribution in [0.4, 0.5) is 0 Å². The minimum Gasteiger partial charge on any atom is -0.463 e. The standard InChI is InChI=1S/C21H18N2O3S/c24-19(13-7-10-25-11-8-13)20-18(17-6-3-9-26-17)23-21(27-20)16-12-14-4-1-2-5-15(14)22-16/h1-6,9,12-13,22H,7-8,10-11H2. The van der Waals surface area contributed by atoms with Gasteiger partial charge in [-0.15, -0.1) is 11.3 Å². The summed E-state index contributed by atoms with van der Waals surface area (Å²) in [5.41, 5.74) is 2.61. The summed E-state index contributed by atoms with van der Waals surface area (Å²) in [5, 5.41) is 1.92. The molecular formula is C21H18N2O3S. The molecule has 0 bridgehead atoms. The largest absolute Gasteiger partial charge is 0.463 e. The number of carbonyl (C=O) groups is 1. The summed E-state index contributed by atoms with van der Waals surface area (Å²) < 4.78 is 11.0. The van der Waals surface area contributed by atoms with Crippen LogP contribution in [0.15, 0.2) is 53.1 Å². The first-order valence-electron chi connectivity index (χ1n) is 9.04. The number of nitrogens with zero attached hydrogens (tertiary/aromatic N) is 1. The molecule has 0 spiro atoms. The molecule has 5 rings (SSSR count). The highest BCUT2D eigenvalue weighted by Crippen LogP contribution is 2.37. The topological polar surface area (TPSA) is 68.1 Å². The van der Waals surface area contributed by atoms with Gasteiger partial charge < -0.3 is 14.1 Å². The normalized spacial score (nSPS) is 15.4. The Morgan fingerprint density at radius 3 is 2.78 bits per heavy atom.